The molecule has 1 aliphatic heterocycles. The van der Waals surface area contributed by atoms with E-state index in [1.54, 1.807) is 0 Å². The molecular weight excluding hydrogens is 262 g/mol. The Morgan fingerprint density at radius 2 is 1.83 bits per heavy atom. The van der Waals surface area contributed by atoms with Gasteiger partial charge in [-0.15, -0.1) is 0 Å². The van der Waals surface area contributed by atoms with E-state index in [-0.39, 0.29) is 11.3 Å². The van der Waals surface area contributed by atoms with E-state index in [0.29, 0.717) is 30.7 Å². The average molecular weight is 274 g/mol. The summed E-state index contributed by atoms with van der Waals surface area (Å²) in [5.41, 5.74) is 4.81. The summed E-state index contributed by atoms with van der Waals surface area (Å²) < 4.78 is 37.7. The molecule has 0 radical (unpaired) electrons. The van der Waals surface area contributed by atoms with Crippen LogP contribution in [0, 0.1) is 11.6 Å². The molecule has 4 nitrogen and oxygen atoms in total. The van der Waals surface area contributed by atoms with Crippen molar-refractivity contribution in [3.8, 4) is 0 Å². The SMILES string of the molecule is Nc1cc(C(=O)N2CCS(=O)CC2)c(F)cc1F. The fourth-order valence-corrected chi connectivity index (χ4v) is 2.79. The van der Waals surface area contributed by atoms with Gasteiger partial charge in [0.15, 0.2) is 0 Å². The number of carbonyl (C=O) groups excluding carboxylic acids is 1. The Kier molecular flexibility index (Phi) is 3.60. The lowest BCUT2D eigenvalue weighted by Crippen LogP contribution is -2.42. The number of nitrogens with two attached hydrogens (primary N) is 1. The summed E-state index contributed by atoms with van der Waals surface area (Å²) in [6, 6.07) is 1.60. The van der Waals surface area contributed by atoms with E-state index in [2.05, 4.69) is 0 Å². The third kappa shape index (κ3) is 2.50. The van der Waals surface area contributed by atoms with E-state index in [4.69, 9.17) is 5.73 Å². The highest BCUT2D eigenvalue weighted by Gasteiger charge is 2.24. The Labute approximate surface area is 105 Å². The van der Waals surface area contributed by atoms with E-state index in [1.165, 1.54) is 4.90 Å². The summed E-state index contributed by atoms with van der Waals surface area (Å²) in [6.45, 7) is 0.615. The Bertz CT molecular complexity index is 512. The molecule has 0 bridgehead atoms. The van der Waals surface area contributed by atoms with Gasteiger partial charge in [-0.3, -0.25) is 9.00 Å². The largest absolute Gasteiger partial charge is 0.396 e. The Hall–Kier alpha value is -1.50. The molecule has 0 spiro atoms. The predicted molar refractivity (Wildman–Crippen MR) is 64.6 cm³/mol. The summed E-state index contributed by atoms with van der Waals surface area (Å²) in [5, 5.41) is 0. The van der Waals surface area contributed by atoms with Crippen LogP contribution in [-0.4, -0.2) is 39.6 Å². The maximum absolute atomic E-state index is 13.5. The quantitative estimate of drug-likeness (QED) is 0.769. The molecule has 18 heavy (non-hydrogen) atoms. The molecule has 0 saturated carbocycles. The summed E-state index contributed by atoms with van der Waals surface area (Å²) in [5.74, 6) is -1.60. The number of nitrogens with zero attached hydrogens (tertiary/aromatic N) is 1. The molecule has 1 saturated heterocycles. The minimum atomic E-state index is -0.932. The normalized spacial score (nSPS) is 16.9. The Morgan fingerprint density at radius 3 is 2.44 bits per heavy atom. The first-order valence-electron chi connectivity index (χ1n) is 5.38. The highest BCUT2D eigenvalue weighted by molar-refractivity contribution is 7.85. The maximum atomic E-state index is 13.5. The first-order valence-corrected chi connectivity index (χ1v) is 6.86. The van der Waals surface area contributed by atoms with Gasteiger partial charge in [0.1, 0.15) is 11.6 Å². The number of anilines is 1. The van der Waals surface area contributed by atoms with Gasteiger partial charge in [0.2, 0.25) is 0 Å². The van der Waals surface area contributed by atoms with Crippen LogP contribution in [0.4, 0.5) is 14.5 Å². The number of nitrogen functional groups attached to an aromatic ring is 1. The average Bonchev–Trinajstić information content (AvgIpc) is 2.34. The molecule has 0 unspecified atom stereocenters. The summed E-state index contributed by atoms with van der Waals surface area (Å²) in [4.78, 5) is 13.4. The van der Waals surface area contributed by atoms with Crippen molar-refractivity contribution in [3.05, 3.63) is 29.3 Å². The smallest absolute Gasteiger partial charge is 0.256 e. The molecular formula is C11H12F2N2O2S. The molecule has 2 rings (SSSR count). The van der Waals surface area contributed by atoms with Crippen molar-refractivity contribution >= 4 is 22.4 Å². The second kappa shape index (κ2) is 5.01. The van der Waals surface area contributed by atoms with Gasteiger partial charge >= 0.3 is 0 Å². The minimum absolute atomic E-state index is 0.249. The predicted octanol–water partition coefficient (Wildman–Crippen LogP) is 0.752. The molecule has 1 heterocycles. The van der Waals surface area contributed by atoms with Gasteiger partial charge < -0.3 is 10.6 Å². The van der Waals surface area contributed by atoms with E-state index >= 15 is 0 Å². The number of halogens is 2. The van der Waals surface area contributed by atoms with Crippen LogP contribution in [0.1, 0.15) is 10.4 Å². The molecule has 1 aromatic rings. The summed E-state index contributed by atoms with van der Waals surface area (Å²) in [7, 11) is -0.920. The van der Waals surface area contributed by atoms with Crippen LogP contribution in [0.2, 0.25) is 0 Å². The molecule has 1 aromatic carbocycles. The van der Waals surface area contributed by atoms with Crippen LogP contribution < -0.4 is 5.73 Å². The maximum Gasteiger partial charge on any atom is 0.256 e. The van der Waals surface area contributed by atoms with Gasteiger partial charge in [-0.1, -0.05) is 0 Å². The minimum Gasteiger partial charge on any atom is -0.396 e. The fraction of sp³-hybridized carbons (Fsp3) is 0.364. The lowest BCUT2D eigenvalue weighted by Gasteiger charge is -2.26. The van der Waals surface area contributed by atoms with E-state index < -0.39 is 28.3 Å². The summed E-state index contributed by atoms with van der Waals surface area (Å²) >= 11 is 0. The molecule has 0 atom stereocenters. The number of carbonyl (C=O) groups is 1. The van der Waals surface area contributed by atoms with Gasteiger partial charge in [0, 0.05) is 41.5 Å². The number of hydrogen-bond donors (Lipinski definition) is 1. The van der Waals surface area contributed by atoms with E-state index in [1.807, 2.05) is 0 Å². The molecule has 0 aromatic heterocycles. The molecule has 2 N–H and O–H groups in total. The zero-order valence-electron chi connectivity index (χ0n) is 9.49. The molecule has 98 valence electrons. The molecule has 1 fully saturated rings. The Morgan fingerprint density at radius 1 is 1.22 bits per heavy atom. The number of rotatable bonds is 1. The number of amides is 1. The first-order chi connectivity index (χ1) is 8.49. The number of benzene rings is 1. The van der Waals surface area contributed by atoms with Crippen molar-refractivity contribution in [2.45, 2.75) is 0 Å². The summed E-state index contributed by atoms with van der Waals surface area (Å²) in [6.07, 6.45) is 0. The van der Waals surface area contributed by atoms with E-state index in [9.17, 15) is 17.8 Å². The Balaban J connectivity index is 2.23. The van der Waals surface area contributed by atoms with Crippen molar-refractivity contribution in [1.29, 1.82) is 0 Å². The molecule has 0 aliphatic carbocycles. The van der Waals surface area contributed by atoms with Crippen molar-refractivity contribution < 1.29 is 17.8 Å². The van der Waals surface area contributed by atoms with Gasteiger partial charge in [0.05, 0.1) is 11.3 Å². The third-order valence-electron chi connectivity index (χ3n) is 2.78. The lowest BCUT2D eigenvalue weighted by molar-refractivity contribution is 0.0766. The van der Waals surface area contributed by atoms with Crippen LogP contribution in [0.15, 0.2) is 12.1 Å². The molecule has 1 aliphatic rings. The highest BCUT2D eigenvalue weighted by atomic mass is 32.2. The van der Waals surface area contributed by atoms with Crippen molar-refractivity contribution in [1.82, 2.24) is 4.90 Å². The molecule has 7 heteroatoms. The van der Waals surface area contributed by atoms with Crippen molar-refractivity contribution in [3.63, 3.8) is 0 Å². The van der Waals surface area contributed by atoms with Gasteiger partial charge in [-0.25, -0.2) is 8.78 Å². The van der Waals surface area contributed by atoms with Crippen molar-refractivity contribution in [2.75, 3.05) is 30.3 Å². The topological polar surface area (TPSA) is 63.4 Å². The van der Waals surface area contributed by atoms with Crippen LogP contribution in [0.3, 0.4) is 0 Å². The van der Waals surface area contributed by atoms with Gasteiger partial charge in [-0.05, 0) is 6.07 Å². The monoisotopic (exact) mass is 274 g/mol. The van der Waals surface area contributed by atoms with Crippen LogP contribution in [0.5, 0.6) is 0 Å². The van der Waals surface area contributed by atoms with Crippen molar-refractivity contribution in [2.24, 2.45) is 0 Å². The zero-order valence-corrected chi connectivity index (χ0v) is 10.3. The zero-order chi connectivity index (χ0) is 13.3. The first kappa shape index (κ1) is 12.9. The number of hydrogen-bond acceptors (Lipinski definition) is 3. The van der Waals surface area contributed by atoms with E-state index in [0.717, 1.165) is 6.07 Å². The lowest BCUT2D eigenvalue weighted by atomic mass is 10.1. The second-order valence-electron chi connectivity index (χ2n) is 3.99. The van der Waals surface area contributed by atoms with Gasteiger partial charge in [0.25, 0.3) is 5.91 Å². The van der Waals surface area contributed by atoms with Crippen LogP contribution in [-0.2, 0) is 10.8 Å². The second-order valence-corrected chi connectivity index (χ2v) is 5.69. The fourth-order valence-electron chi connectivity index (χ4n) is 1.74. The standard InChI is InChI=1S/C11H12F2N2O2S/c12-8-6-9(13)10(14)5-7(8)11(16)15-1-3-18(17)4-2-15/h5-6H,1-4,14H2. The van der Waals surface area contributed by atoms with Crippen LogP contribution >= 0.6 is 0 Å². The highest BCUT2D eigenvalue weighted by Crippen LogP contribution is 2.19. The van der Waals surface area contributed by atoms with Gasteiger partial charge in [-0.2, -0.15) is 0 Å². The molecule has 1 amide bonds. The third-order valence-corrected chi connectivity index (χ3v) is 4.06. The van der Waals surface area contributed by atoms with Crippen LogP contribution in [0.25, 0.3) is 0 Å².